The molecule has 17 nitrogen and oxygen atoms in total. The standard InChI is InChI=1S/C55H70F3N7O10S/c1-35-49(76-34-63-35)40-14-10-37(11-15-40)29-62-52(70)45-28-43(66)32-65(45)53(71)50(54(2,3)4)64-48(68)33-75-24-23-74-22-21-73-20-19-59-47(67)26-38-7-6-8-39(25-38)30-61-51(69)44-27-41(46(72-5)31-60-44)16-9-36-12-17-42(18-13-36)55(56,57)58/h6-11,14-16,25,27,31,34,36,42-43,45,50,66H,12-13,17-24,26,28-30,32-33H2,1-5H3,(H,59,67)(H,61,69)(H,62,70)(H,64,68). The summed E-state index contributed by atoms with van der Waals surface area (Å²) < 4.78 is 61.3. The zero-order valence-electron chi connectivity index (χ0n) is 43.7. The number of benzene rings is 2. The number of nitrogens with one attached hydrogen (secondary N) is 4. The number of nitrogens with zero attached hydrogens (tertiary/aromatic N) is 3. The van der Waals surface area contributed by atoms with Crippen molar-refractivity contribution in [1.82, 2.24) is 36.1 Å². The first-order chi connectivity index (χ1) is 36.3. The highest BCUT2D eigenvalue weighted by Gasteiger charge is 2.45. The van der Waals surface area contributed by atoms with Crippen molar-refractivity contribution in [3.63, 3.8) is 0 Å². The van der Waals surface area contributed by atoms with E-state index >= 15 is 0 Å². The Morgan fingerprint density at radius 3 is 2.20 bits per heavy atom. The zero-order chi connectivity index (χ0) is 54.8. The fourth-order valence-corrected chi connectivity index (χ4v) is 9.79. The first-order valence-electron chi connectivity index (χ1n) is 25.5. The van der Waals surface area contributed by atoms with Crippen molar-refractivity contribution in [3.8, 4) is 16.2 Å². The molecule has 3 atom stereocenters. The summed E-state index contributed by atoms with van der Waals surface area (Å²) in [7, 11) is 1.48. The van der Waals surface area contributed by atoms with Crippen molar-refractivity contribution in [2.45, 2.75) is 104 Å². The molecule has 3 unspecified atom stereocenters. The van der Waals surface area contributed by atoms with Crippen LogP contribution in [0.2, 0.25) is 0 Å². The number of allylic oxidation sites excluding steroid dienone is 1. The van der Waals surface area contributed by atoms with Crippen molar-refractivity contribution in [1.29, 1.82) is 0 Å². The van der Waals surface area contributed by atoms with E-state index in [1.165, 1.54) is 18.2 Å². The maximum atomic E-state index is 13.9. The summed E-state index contributed by atoms with van der Waals surface area (Å²) in [5, 5.41) is 21.9. The van der Waals surface area contributed by atoms with Crippen molar-refractivity contribution < 1.29 is 61.2 Å². The number of thiazole rings is 1. The predicted octanol–water partition coefficient (Wildman–Crippen LogP) is 6.35. The van der Waals surface area contributed by atoms with Gasteiger partial charge >= 0.3 is 6.18 Å². The van der Waals surface area contributed by atoms with Gasteiger partial charge in [0.25, 0.3) is 5.91 Å². The molecule has 3 heterocycles. The van der Waals surface area contributed by atoms with Crippen LogP contribution < -0.4 is 26.0 Å². The van der Waals surface area contributed by atoms with E-state index in [4.69, 9.17) is 18.9 Å². The second-order valence-corrected chi connectivity index (χ2v) is 20.9. The van der Waals surface area contributed by atoms with Crippen LogP contribution in [0, 0.1) is 24.2 Å². The van der Waals surface area contributed by atoms with Gasteiger partial charge in [0.1, 0.15) is 30.1 Å². The highest BCUT2D eigenvalue weighted by atomic mass is 32.1. The van der Waals surface area contributed by atoms with Gasteiger partial charge in [-0.1, -0.05) is 81.5 Å². The molecular weight excluding hydrogens is 1010 g/mol. The number of hydrogen-bond donors (Lipinski definition) is 5. The zero-order valence-corrected chi connectivity index (χ0v) is 44.5. The number of ether oxygens (including phenoxy) is 4. The van der Waals surface area contributed by atoms with Crippen molar-refractivity contribution in [2.75, 3.05) is 59.8 Å². The number of hydrogen-bond acceptors (Lipinski definition) is 13. The van der Waals surface area contributed by atoms with Crippen molar-refractivity contribution in [2.24, 2.45) is 17.3 Å². The number of alkyl halides is 3. The van der Waals surface area contributed by atoms with Gasteiger partial charge in [-0.3, -0.25) is 24.0 Å². The van der Waals surface area contributed by atoms with E-state index in [2.05, 4.69) is 31.2 Å². The third-order valence-corrected chi connectivity index (χ3v) is 14.2. The van der Waals surface area contributed by atoms with E-state index in [9.17, 15) is 42.3 Å². The summed E-state index contributed by atoms with van der Waals surface area (Å²) in [5.41, 5.74) is 6.18. The Balaban J connectivity index is 0.818. The van der Waals surface area contributed by atoms with Gasteiger partial charge in [0.2, 0.25) is 23.6 Å². The Bertz CT molecular complexity index is 2600. The molecule has 2 fully saturated rings. The van der Waals surface area contributed by atoms with E-state index in [1.807, 2.05) is 55.5 Å². The topological polar surface area (TPSA) is 220 Å². The number of amides is 5. The minimum atomic E-state index is -4.17. The molecule has 1 saturated heterocycles. The van der Waals surface area contributed by atoms with Crippen LogP contribution in [0.5, 0.6) is 5.75 Å². The number of aromatic nitrogens is 2. The number of carbonyl (C=O) groups excluding carboxylic acids is 5. The van der Waals surface area contributed by atoms with Crippen molar-refractivity contribution >= 4 is 46.9 Å². The van der Waals surface area contributed by atoms with Crippen LogP contribution in [-0.2, 0) is 52.9 Å². The maximum absolute atomic E-state index is 13.9. The predicted molar refractivity (Wildman–Crippen MR) is 280 cm³/mol. The van der Waals surface area contributed by atoms with Gasteiger partial charge < -0.3 is 50.2 Å². The summed E-state index contributed by atoms with van der Waals surface area (Å²) in [4.78, 5) is 77.1. The van der Waals surface area contributed by atoms with Gasteiger partial charge in [0.05, 0.1) is 80.9 Å². The van der Waals surface area contributed by atoms with Crippen LogP contribution in [0.1, 0.15) is 91.3 Å². The number of rotatable bonds is 25. The van der Waals surface area contributed by atoms with E-state index in [1.54, 1.807) is 55.8 Å². The van der Waals surface area contributed by atoms with Crippen LogP contribution in [0.4, 0.5) is 13.2 Å². The third-order valence-electron chi connectivity index (χ3n) is 13.2. The SMILES string of the molecule is COc1cnc(C(=O)NCc2cccc(CC(=O)NCCOCCOCCOCC(=O)NC(C(=O)N3CC(O)CC3C(=O)NCc3ccc(-c4scnc4C)cc3)C(C)(C)C)c2)cc1C=CC1CCC(C(F)(F)F)CC1. The molecule has 412 valence electrons. The monoisotopic (exact) mass is 1080 g/mol. The van der Waals surface area contributed by atoms with Gasteiger partial charge in [-0.05, 0) is 72.3 Å². The second kappa shape index (κ2) is 28.2. The summed E-state index contributed by atoms with van der Waals surface area (Å²) in [6.07, 6.45) is 1.24. The molecule has 5 amide bonds. The molecule has 0 radical (unpaired) electrons. The van der Waals surface area contributed by atoms with Crippen LogP contribution in [-0.4, -0.2) is 134 Å². The number of pyridine rings is 1. The number of aliphatic hydroxyl groups excluding tert-OH is 1. The molecule has 0 spiro atoms. The third kappa shape index (κ3) is 17.9. The number of methoxy groups -OCH3 is 1. The number of likely N-dealkylation sites (tertiary alicyclic amines) is 1. The number of β-amino-alcohol motifs (C(OH)–C–C–N with tert-alkyl or cyclic N) is 1. The van der Waals surface area contributed by atoms with Gasteiger partial charge in [-0.25, -0.2) is 9.97 Å². The lowest BCUT2D eigenvalue weighted by Crippen LogP contribution is -2.58. The van der Waals surface area contributed by atoms with Crippen LogP contribution >= 0.6 is 11.3 Å². The summed E-state index contributed by atoms with van der Waals surface area (Å²) in [6.45, 7) is 8.69. The quantitative estimate of drug-likeness (QED) is 0.0459. The molecule has 4 aromatic rings. The summed E-state index contributed by atoms with van der Waals surface area (Å²) in [6, 6.07) is 14.7. The molecule has 5 N–H and O–H groups in total. The van der Waals surface area contributed by atoms with Gasteiger partial charge in [-0.15, -0.1) is 11.3 Å². The number of carbonyl (C=O) groups is 5. The number of aryl methyl sites for hydroxylation is 1. The first kappa shape index (κ1) is 59.0. The van der Waals surface area contributed by atoms with Crippen LogP contribution in [0.3, 0.4) is 0 Å². The molecule has 2 aliphatic rings. The highest BCUT2D eigenvalue weighted by molar-refractivity contribution is 7.13. The Morgan fingerprint density at radius 1 is 0.842 bits per heavy atom. The Labute approximate surface area is 445 Å². The summed E-state index contributed by atoms with van der Waals surface area (Å²) >= 11 is 1.56. The second-order valence-electron chi connectivity index (χ2n) is 20.1. The molecule has 1 aliphatic heterocycles. The first-order valence-corrected chi connectivity index (χ1v) is 26.4. The van der Waals surface area contributed by atoms with Crippen molar-refractivity contribution in [3.05, 3.63) is 106 Å². The number of halogens is 3. The van der Waals surface area contributed by atoms with Gasteiger partial charge in [0.15, 0.2) is 0 Å². The number of aliphatic hydroxyl groups is 1. The minimum absolute atomic E-state index is 0.00456. The Morgan fingerprint density at radius 2 is 1.53 bits per heavy atom. The van der Waals surface area contributed by atoms with Gasteiger partial charge in [0, 0.05) is 38.2 Å². The van der Waals surface area contributed by atoms with Crippen LogP contribution in [0.15, 0.2) is 72.4 Å². The molecule has 1 saturated carbocycles. The smallest absolute Gasteiger partial charge is 0.391 e. The molecule has 21 heteroatoms. The molecule has 2 aromatic carbocycles. The van der Waals surface area contributed by atoms with Gasteiger partial charge in [-0.2, -0.15) is 13.2 Å². The fourth-order valence-electron chi connectivity index (χ4n) is 8.98. The van der Waals surface area contributed by atoms with E-state index in [-0.39, 0.29) is 109 Å². The minimum Gasteiger partial charge on any atom is -0.495 e. The van der Waals surface area contributed by atoms with E-state index in [0.717, 1.165) is 32.8 Å². The molecule has 0 bridgehead atoms. The van der Waals surface area contributed by atoms with E-state index in [0.29, 0.717) is 24.2 Å². The normalized spacial score (nSPS) is 18.3. The Hall–Kier alpha value is -6.26. The lowest BCUT2D eigenvalue weighted by Gasteiger charge is -2.35. The molecule has 2 aromatic heterocycles. The molecule has 76 heavy (non-hydrogen) atoms. The molecular formula is C55H70F3N7O10S. The average molecular weight is 1080 g/mol. The molecule has 1 aliphatic carbocycles. The summed E-state index contributed by atoms with van der Waals surface area (Å²) in [5.74, 6) is -2.86. The average Bonchev–Trinajstić information content (AvgIpc) is 4.02. The lowest BCUT2D eigenvalue weighted by molar-refractivity contribution is -0.183. The maximum Gasteiger partial charge on any atom is 0.391 e. The fraction of sp³-hybridized carbons (Fsp3) is 0.509. The van der Waals surface area contributed by atoms with E-state index < -0.39 is 59.3 Å². The molecule has 6 rings (SSSR count). The van der Waals surface area contributed by atoms with Crippen LogP contribution in [0.25, 0.3) is 16.5 Å². The highest BCUT2D eigenvalue weighted by Crippen LogP contribution is 2.40. The Kier molecular flexibility index (Phi) is 21.9. The lowest BCUT2D eigenvalue weighted by atomic mass is 9.81. The largest absolute Gasteiger partial charge is 0.495 e.